The molecule has 1 aromatic heterocycles. The second-order valence-corrected chi connectivity index (χ2v) is 9.45. The first-order valence-electron chi connectivity index (χ1n) is 11.7. The number of rotatable bonds is 5. The van der Waals surface area contributed by atoms with E-state index in [1.165, 1.54) is 24.1 Å². The predicted octanol–water partition coefficient (Wildman–Crippen LogP) is 4.53. The van der Waals surface area contributed by atoms with Crippen LogP contribution < -0.4 is 4.90 Å². The molecule has 1 aliphatic carbocycles. The number of nitrogens with zero attached hydrogens (tertiary/aromatic N) is 7. The Labute approximate surface area is 199 Å². The van der Waals surface area contributed by atoms with E-state index in [0.29, 0.717) is 11.6 Å². The van der Waals surface area contributed by atoms with Crippen LogP contribution in [0.1, 0.15) is 60.3 Å². The summed E-state index contributed by atoms with van der Waals surface area (Å²) in [6.45, 7) is 5.70. The number of hydrogen-bond donors (Lipinski definition) is 0. The van der Waals surface area contributed by atoms with Gasteiger partial charge in [-0.25, -0.2) is 4.68 Å². The van der Waals surface area contributed by atoms with Crippen molar-refractivity contribution in [2.24, 2.45) is 0 Å². The van der Waals surface area contributed by atoms with Crippen LogP contribution in [0, 0.1) is 18.3 Å². The number of aryl methyl sites for hydroxylation is 1. The molecule has 2 fully saturated rings. The number of hydrogen-bond acceptors (Lipinski definition) is 6. The molecule has 33 heavy (non-hydrogen) atoms. The second kappa shape index (κ2) is 9.50. The SMILES string of the molecule is Cc1ccc(Cl)cc1N1CCN([C@H](c2ccc(C#N)cc2)c2nnnn2C2CCCC2)CC1. The summed E-state index contributed by atoms with van der Waals surface area (Å²) in [7, 11) is 0. The van der Waals surface area contributed by atoms with Crippen molar-refractivity contribution in [2.75, 3.05) is 31.1 Å². The summed E-state index contributed by atoms with van der Waals surface area (Å²) in [6.07, 6.45) is 4.70. The van der Waals surface area contributed by atoms with Gasteiger partial charge in [-0.1, -0.05) is 42.6 Å². The average molecular weight is 462 g/mol. The fourth-order valence-electron chi connectivity index (χ4n) is 5.20. The Morgan fingerprint density at radius 3 is 2.45 bits per heavy atom. The summed E-state index contributed by atoms with van der Waals surface area (Å²) in [5.74, 6) is 0.902. The van der Waals surface area contributed by atoms with Gasteiger partial charge < -0.3 is 4.90 Å². The number of anilines is 1. The van der Waals surface area contributed by atoms with E-state index in [1.54, 1.807) is 0 Å². The van der Waals surface area contributed by atoms with Crippen LogP contribution in [-0.4, -0.2) is 51.3 Å². The molecule has 7 nitrogen and oxygen atoms in total. The van der Waals surface area contributed by atoms with E-state index in [2.05, 4.69) is 55.1 Å². The van der Waals surface area contributed by atoms with Crippen LogP contribution in [0.3, 0.4) is 0 Å². The van der Waals surface area contributed by atoms with Gasteiger partial charge in [0.25, 0.3) is 0 Å². The van der Waals surface area contributed by atoms with Crippen molar-refractivity contribution >= 4 is 17.3 Å². The minimum Gasteiger partial charge on any atom is -0.369 e. The Morgan fingerprint density at radius 1 is 1.03 bits per heavy atom. The average Bonchev–Trinajstić information content (AvgIpc) is 3.54. The number of tetrazole rings is 1. The van der Waals surface area contributed by atoms with Crippen LogP contribution in [0.4, 0.5) is 5.69 Å². The van der Waals surface area contributed by atoms with Crippen molar-refractivity contribution in [3.05, 3.63) is 70.0 Å². The second-order valence-electron chi connectivity index (χ2n) is 9.01. The van der Waals surface area contributed by atoms with Crippen LogP contribution >= 0.6 is 11.6 Å². The summed E-state index contributed by atoms with van der Waals surface area (Å²) < 4.78 is 2.06. The van der Waals surface area contributed by atoms with Crippen LogP contribution in [-0.2, 0) is 0 Å². The third kappa shape index (κ3) is 4.46. The first-order valence-corrected chi connectivity index (χ1v) is 12.0. The first-order chi connectivity index (χ1) is 16.1. The van der Waals surface area contributed by atoms with E-state index in [-0.39, 0.29) is 6.04 Å². The zero-order valence-corrected chi connectivity index (χ0v) is 19.6. The highest BCUT2D eigenvalue weighted by Gasteiger charge is 2.33. The highest BCUT2D eigenvalue weighted by Crippen LogP contribution is 2.35. The minimum atomic E-state index is -0.0454. The molecule has 2 aliphatic rings. The van der Waals surface area contributed by atoms with Crippen molar-refractivity contribution in [1.82, 2.24) is 25.1 Å². The molecule has 3 aromatic rings. The molecule has 1 saturated heterocycles. The lowest BCUT2D eigenvalue weighted by Gasteiger charge is -2.40. The van der Waals surface area contributed by atoms with Crippen molar-refractivity contribution in [2.45, 2.75) is 44.7 Å². The maximum Gasteiger partial charge on any atom is 0.173 e. The van der Waals surface area contributed by atoms with E-state index in [4.69, 9.17) is 11.6 Å². The van der Waals surface area contributed by atoms with Gasteiger partial charge in [0.05, 0.1) is 23.7 Å². The zero-order valence-electron chi connectivity index (χ0n) is 18.9. The lowest BCUT2D eigenvalue weighted by molar-refractivity contribution is 0.197. The van der Waals surface area contributed by atoms with Crippen LogP contribution in [0.25, 0.3) is 0 Å². The summed E-state index contributed by atoms with van der Waals surface area (Å²) in [4.78, 5) is 4.88. The minimum absolute atomic E-state index is 0.0454. The van der Waals surface area contributed by atoms with Crippen LogP contribution in [0.2, 0.25) is 5.02 Å². The van der Waals surface area contributed by atoms with Gasteiger partial charge in [0.1, 0.15) is 0 Å². The van der Waals surface area contributed by atoms with E-state index < -0.39 is 0 Å². The molecule has 2 heterocycles. The van der Waals surface area contributed by atoms with E-state index in [1.807, 2.05) is 30.3 Å². The lowest BCUT2D eigenvalue weighted by atomic mass is 10.0. The molecule has 8 heteroatoms. The molecule has 0 radical (unpaired) electrons. The highest BCUT2D eigenvalue weighted by molar-refractivity contribution is 6.30. The third-order valence-corrected chi connectivity index (χ3v) is 7.22. The topological polar surface area (TPSA) is 73.9 Å². The summed E-state index contributed by atoms with van der Waals surface area (Å²) in [5, 5.41) is 23.0. The van der Waals surface area contributed by atoms with E-state index in [0.717, 1.165) is 55.4 Å². The largest absolute Gasteiger partial charge is 0.369 e. The molecular formula is C25H28ClN7. The van der Waals surface area contributed by atoms with Gasteiger partial charge >= 0.3 is 0 Å². The monoisotopic (exact) mass is 461 g/mol. The Morgan fingerprint density at radius 2 is 1.76 bits per heavy atom. The molecule has 1 saturated carbocycles. The Balaban J connectivity index is 1.44. The van der Waals surface area contributed by atoms with Gasteiger partial charge in [-0.3, -0.25) is 4.90 Å². The summed E-state index contributed by atoms with van der Waals surface area (Å²) >= 11 is 6.28. The molecule has 0 amide bonds. The van der Waals surface area contributed by atoms with Crippen LogP contribution in [0.15, 0.2) is 42.5 Å². The molecule has 0 unspecified atom stereocenters. The maximum absolute atomic E-state index is 9.25. The highest BCUT2D eigenvalue weighted by atomic mass is 35.5. The molecular weight excluding hydrogens is 434 g/mol. The van der Waals surface area contributed by atoms with Gasteiger partial charge in [-0.15, -0.1) is 5.10 Å². The number of benzene rings is 2. The van der Waals surface area contributed by atoms with Crippen molar-refractivity contribution in [3.63, 3.8) is 0 Å². The van der Waals surface area contributed by atoms with Gasteiger partial charge in [-0.05, 0) is 65.6 Å². The molecule has 5 rings (SSSR count). The van der Waals surface area contributed by atoms with Gasteiger partial charge in [-0.2, -0.15) is 5.26 Å². The van der Waals surface area contributed by atoms with E-state index in [9.17, 15) is 5.26 Å². The Hall–Kier alpha value is -2.95. The standard InChI is InChI=1S/C25H28ClN7/c1-18-6-11-21(26)16-23(18)31-12-14-32(15-13-31)24(20-9-7-19(17-27)8-10-20)25-28-29-30-33(25)22-4-2-3-5-22/h6-11,16,22,24H,2-5,12-15H2,1H3/t24-/m1/s1. The first kappa shape index (κ1) is 21.9. The molecule has 2 aromatic carbocycles. The molecule has 170 valence electrons. The van der Waals surface area contributed by atoms with Crippen molar-refractivity contribution < 1.29 is 0 Å². The fourth-order valence-corrected chi connectivity index (χ4v) is 5.36. The fraction of sp³-hybridized carbons (Fsp3) is 0.440. The third-order valence-electron chi connectivity index (χ3n) is 6.98. The van der Waals surface area contributed by atoms with Gasteiger partial charge in [0.2, 0.25) is 0 Å². The summed E-state index contributed by atoms with van der Waals surface area (Å²) in [5.41, 5.74) is 4.22. The molecule has 0 N–H and O–H groups in total. The van der Waals surface area contributed by atoms with Crippen molar-refractivity contribution in [1.29, 1.82) is 5.26 Å². The Kier molecular flexibility index (Phi) is 6.30. The quantitative estimate of drug-likeness (QED) is 0.555. The normalized spacial score (nSPS) is 18.4. The summed E-state index contributed by atoms with van der Waals surface area (Å²) in [6, 6.07) is 16.5. The number of aromatic nitrogens is 4. The molecule has 1 aliphatic heterocycles. The Bertz CT molecular complexity index is 1140. The molecule has 0 spiro atoms. The van der Waals surface area contributed by atoms with Gasteiger partial charge in [0.15, 0.2) is 5.82 Å². The van der Waals surface area contributed by atoms with Gasteiger partial charge in [0, 0.05) is 36.9 Å². The van der Waals surface area contributed by atoms with E-state index >= 15 is 0 Å². The predicted molar refractivity (Wildman–Crippen MR) is 128 cm³/mol. The number of piperazine rings is 1. The number of nitriles is 1. The number of halogens is 1. The molecule has 0 bridgehead atoms. The maximum atomic E-state index is 9.25. The van der Waals surface area contributed by atoms with Crippen LogP contribution in [0.5, 0.6) is 0 Å². The molecule has 1 atom stereocenters. The smallest absolute Gasteiger partial charge is 0.173 e. The van der Waals surface area contributed by atoms with Crippen molar-refractivity contribution in [3.8, 4) is 6.07 Å². The zero-order chi connectivity index (χ0) is 22.8. The lowest BCUT2D eigenvalue weighted by Crippen LogP contribution is -2.48.